The number of aliphatic hydroxyl groups is 1. The van der Waals surface area contributed by atoms with Crippen molar-refractivity contribution in [3.05, 3.63) is 59.9 Å². The number of rotatable bonds is 10. The molecule has 1 atom stereocenters. The van der Waals surface area contributed by atoms with Crippen LogP contribution in [0.5, 0.6) is 5.75 Å². The zero-order chi connectivity index (χ0) is 20.2. The number of anilines is 1. The largest absolute Gasteiger partial charge is 0.493 e. The number of methoxy groups -OCH3 is 1. The number of guanidine groups is 1. The van der Waals surface area contributed by atoms with Crippen LogP contribution in [-0.2, 0) is 4.74 Å². The molecule has 2 rings (SSSR count). The Balaban J connectivity index is 0.00000420. The molecule has 0 heterocycles. The average molecular weight is 517 g/mol. The van der Waals surface area contributed by atoms with Crippen LogP contribution in [0.15, 0.2) is 53.5 Å². The summed E-state index contributed by atoms with van der Waals surface area (Å²) >= 11 is 0. The van der Waals surface area contributed by atoms with Gasteiger partial charge in [-0.25, -0.2) is 9.38 Å². The molecule has 1 unspecified atom stereocenters. The van der Waals surface area contributed by atoms with E-state index >= 15 is 0 Å². The number of ether oxygens (including phenoxy) is 2. The monoisotopic (exact) mass is 517 g/mol. The number of nitrogens with zero attached hydrogens (tertiary/aromatic N) is 1. The lowest BCUT2D eigenvalue weighted by Crippen LogP contribution is -2.31. The van der Waals surface area contributed by atoms with Crippen molar-refractivity contribution < 1.29 is 19.0 Å². The van der Waals surface area contributed by atoms with E-state index in [1.54, 1.807) is 19.2 Å². The minimum Gasteiger partial charge on any atom is -0.493 e. The van der Waals surface area contributed by atoms with E-state index in [2.05, 4.69) is 15.6 Å². The van der Waals surface area contributed by atoms with Crippen LogP contribution in [0.25, 0.3) is 0 Å². The highest BCUT2D eigenvalue weighted by molar-refractivity contribution is 14.0. The predicted octanol–water partition coefficient (Wildman–Crippen LogP) is 3.97. The number of hydrogen-bond donors (Lipinski definition) is 3. The Hall–Kier alpha value is -1.91. The molecule has 29 heavy (non-hydrogen) atoms. The van der Waals surface area contributed by atoms with Crippen molar-refractivity contribution in [1.29, 1.82) is 0 Å². The Morgan fingerprint density at radius 1 is 1.17 bits per heavy atom. The summed E-state index contributed by atoms with van der Waals surface area (Å²) in [6, 6.07) is 13.3. The first-order valence-corrected chi connectivity index (χ1v) is 9.33. The minimum absolute atomic E-state index is 0. The van der Waals surface area contributed by atoms with Crippen LogP contribution in [0, 0.1) is 5.82 Å². The van der Waals surface area contributed by atoms with Gasteiger partial charge in [0.15, 0.2) is 5.96 Å². The van der Waals surface area contributed by atoms with Gasteiger partial charge in [0.25, 0.3) is 0 Å². The van der Waals surface area contributed by atoms with Gasteiger partial charge in [0.1, 0.15) is 11.6 Å². The lowest BCUT2D eigenvalue weighted by Gasteiger charge is -2.14. The third-order valence-corrected chi connectivity index (χ3v) is 3.88. The van der Waals surface area contributed by atoms with Crippen molar-refractivity contribution >= 4 is 35.6 Å². The molecule has 0 bridgehead atoms. The van der Waals surface area contributed by atoms with Gasteiger partial charge in [-0.3, -0.25) is 0 Å². The Bertz CT molecular complexity index is 744. The molecule has 2 aromatic rings. The second-order valence-electron chi connectivity index (χ2n) is 6.13. The molecule has 3 N–H and O–H groups in total. The van der Waals surface area contributed by atoms with Crippen LogP contribution >= 0.6 is 24.0 Å². The molecular weight excluding hydrogens is 488 g/mol. The lowest BCUT2D eigenvalue weighted by molar-refractivity contribution is 0.172. The van der Waals surface area contributed by atoms with Gasteiger partial charge in [0.05, 0.1) is 19.3 Å². The fourth-order valence-corrected chi connectivity index (χ4v) is 2.47. The Morgan fingerprint density at radius 3 is 2.62 bits per heavy atom. The molecule has 0 radical (unpaired) electrons. The maximum Gasteiger partial charge on any atom is 0.195 e. The molecule has 0 aliphatic rings. The number of benzene rings is 2. The topological polar surface area (TPSA) is 75.1 Å². The molecule has 0 aromatic heterocycles. The third kappa shape index (κ3) is 9.42. The molecule has 0 amide bonds. The van der Waals surface area contributed by atoms with Gasteiger partial charge < -0.3 is 25.2 Å². The summed E-state index contributed by atoms with van der Waals surface area (Å²) in [5, 5.41) is 16.6. The summed E-state index contributed by atoms with van der Waals surface area (Å²) in [6.45, 7) is 4.02. The van der Waals surface area contributed by atoms with Crippen LogP contribution in [0.3, 0.4) is 0 Å². The van der Waals surface area contributed by atoms with Crippen LogP contribution in [-0.4, -0.2) is 44.5 Å². The summed E-state index contributed by atoms with van der Waals surface area (Å²) in [5.74, 6) is 0.960. The second-order valence-corrected chi connectivity index (χ2v) is 6.13. The number of aliphatic imine (C=N–C) groups is 1. The van der Waals surface area contributed by atoms with Gasteiger partial charge >= 0.3 is 0 Å². The van der Waals surface area contributed by atoms with Gasteiger partial charge in [-0.05, 0) is 36.8 Å². The van der Waals surface area contributed by atoms with E-state index in [1.165, 1.54) is 12.1 Å². The summed E-state index contributed by atoms with van der Waals surface area (Å²) < 4.78 is 23.7. The molecule has 0 spiro atoms. The number of halogens is 2. The molecule has 6 nitrogen and oxygen atoms in total. The zero-order valence-electron chi connectivity index (χ0n) is 16.7. The highest BCUT2D eigenvalue weighted by Crippen LogP contribution is 2.18. The van der Waals surface area contributed by atoms with Gasteiger partial charge in [-0.15, -0.1) is 24.0 Å². The Kier molecular flexibility index (Phi) is 12.2. The van der Waals surface area contributed by atoms with Crippen molar-refractivity contribution in [2.45, 2.75) is 19.4 Å². The van der Waals surface area contributed by atoms with Crippen molar-refractivity contribution in [2.24, 2.45) is 4.99 Å². The molecule has 160 valence electrons. The first-order chi connectivity index (χ1) is 13.6. The van der Waals surface area contributed by atoms with Crippen molar-refractivity contribution in [3.63, 3.8) is 0 Å². The fourth-order valence-electron chi connectivity index (χ4n) is 2.47. The van der Waals surface area contributed by atoms with Gasteiger partial charge in [-0.1, -0.05) is 18.2 Å². The average Bonchev–Trinajstić information content (AvgIpc) is 2.70. The van der Waals surface area contributed by atoms with Crippen molar-refractivity contribution in [2.75, 3.05) is 38.7 Å². The lowest BCUT2D eigenvalue weighted by atomic mass is 10.1. The highest BCUT2D eigenvalue weighted by atomic mass is 127. The second kappa shape index (κ2) is 14.1. The van der Waals surface area contributed by atoms with Gasteiger partial charge in [0.2, 0.25) is 0 Å². The van der Waals surface area contributed by atoms with Gasteiger partial charge in [0, 0.05) is 38.4 Å². The number of nitrogens with one attached hydrogen (secondary N) is 2. The van der Waals surface area contributed by atoms with Crippen LogP contribution in [0.4, 0.5) is 10.1 Å². The van der Waals surface area contributed by atoms with E-state index < -0.39 is 6.10 Å². The molecule has 0 fully saturated rings. The predicted molar refractivity (Wildman–Crippen MR) is 125 cm³/mol. The maximum atomic E-state index is 13.0. The molecule has 0 aliphatic carbocycles. The standard InChI is InChI=1S/C21H28FN3O3.HI/c1-3-23-21(24-15-20(26)16-8-10-17(22)11-9-16)25-18-6-4-7-19(14-18)28-13-5-12-27-2;/h4,6-11,14,20,26H,3,5,12-13,15H2,1-2H3,(H2,23,24,25);1H. The SMILES string of the molecule is CCNC(=NCC(O)c1ccc(F)cc1)Nc1cccc(OCCCOC)c1.I. The fraction of sp³-hybridized carbons (Fsp3) is 0.381. The van der Waals surface area contributed by atoms with Crippen LogP contribution < -0.4 is 15.4 Å². The number of hydrogen-bond acceptors (Lipinski definition) is 4. The summed E-state index contributed by atoms with van der Waals surface area (Å²) in [6.07, 6.45) is 0.00556. The van der Waals surface area contributed by atoms with E-state index in [4.69, 9.17) is 9.47 Å². The first kappa shape index (κ1) is 25.1. The maximum absolute atomic E-state index is 13.0. The molecule has 8 heteroatoms. The molecule has 0 saturated carbocycles. The molecule has 0 aliphatic heterocycles. The molecular formula is C21H29FIN3O3. The summed E-state index contributed by atoms with van der Waals surface area (Å²) in [4.78, 5) is 4.42. The summed E-state index contributed by atoms with van der Waals surface area (Å²) in [7, 11) is 1.67. The highest BCUT2D eigenvalue weighted by Gasteiger charge is 2.08. The van der Waals surface area contributed by atoms with E-state index in [-0.39, 0.29) is 36.3 Å². The Labute approximate surface area is 188 Å². The van der Waals surface area contributed by atoms with E-state index in [0.717, 1.165) is 17.9 Å². The normalized spacial score (nSPS) is 12.1. The number of aliphatic hydroxyl groups excluding tert-OH is 1. The van der Waals surface area contributed by atoms with E-state index in [0.29, 0.717) is 31.3 Å². The minimum atomic E-state index is -0.813. The van der Waals surface area contributed by atoms with E-state index in [9.17, 15) is 9.50 Å². The van der Waals surface area contributed by atoms with Crippen LogP contribution in [0.1, 0.15) is 25.0 Å². The summed E-state index contributed by atoms with van der Waals surface area (Å²) in [5.41, 5.74) is 1.44. The smallest absolute Gasteiger partial charge is 0.195 e. The van der Waals surface area contributed by atoms with Crippen LogP contribution in [0.2, 0.25) is 0 Å². The molecule has 0 saturated heterocycles. The molecule has 2 aromatic carbocycles. The van der Waals surface area contributed by atoms with E-state index in [1.807, 2.05) is 31.2 Å². The first-order valence-electron chi connectivity index (χ1n) is 9.33. The van der Waals surface area contributed by atoms with Crippen molar-refractivity contribution in [3.8, 4) is 5.75 Å². The van der Waals surface area contributed by atoms with Crippen molar-refractivity contribution in [1.82, 2.24) is 5.32 Å². The van der Waals surface area contributed by atoms with Gasteiger partial charge in [-0.2, -0.15) is 0 Å². The Morgan fingerprint density at radius 2 is 1.93 bits per heavy atom. The quantitative estimate of drug-likeness (QED) is 0.193. The zero-order valence-corrected chi connectivity index (χ0v) is 19.1. The third-order valence-electron chi connectivity index (χ3n) is 3.88.